The van der Waals surface area contributed by atoms with Gasteiger partial charge in [0.05, 0.1) is 6.10 Å². The van der Waals surface area contributed by atoms with E-state index >= 15 is 0 Å². The molecule has 0 spiro atoms. The molecule has 1 aromatic rings. The van der Waals surface area contributed by atoms with Gasteiger partial charge in [0.25, 0.3) is 0 Å². The first-order valence-corrected chi connectivity index (χ1v) is 6.53. The zero-order chi connectivity index (χ0) is 12.3. The zero-order valence-corrected chi connectivity index (χ0v) is 11.1. The maximum absolute atomic E-state index is 5.72. The van der Waals surface area contributed by atoms with E-state index in [9.17, 15) is 0 Å². The summed E-state index contributed by atoms with van der Waals surface area (Å²) in [7, 11) is 0. The van der Waals surface area contributed by atoms with Crippen LogP contribution in [0.15, 0.2) is 24.3 Å². The molecule has 0 amide bonds. The number of hydrogen-bond donors (Lipinski definition) is 1. The van der Waals surface area contributed by atoms with Gasteiger partial charge < -0.3 is 10.1 Å². The molecule has 2 nitrogen and oxygen atoms in total. The van der Waals surface area contributed by atoms with Crippen LogP contribution >= 0.6 is 0 Å². The van der Waals surface area contributed by atoms with Crippen LogP contribution in [0.2, 0.25) is 0 Å². The fourth-order valence-electron chi connectivity index (χ4n) is 1.69. The minimum absolute atomic E-state index is 0.203. The third-order valence-corrected chi connectivity index (χ3v) is 2.82. The van der Waals surface area contributed by atoms with Crippen LogP contribution in [0, 0.1) is 0 Å². The molecule has 1 aromatic carbocycles. The first-order valence-electron chi connectivity index (χ1n) is 6.53. The van der Waals surface area contributed by atoms with E-state index in [4.69, 9.17) is 4.74 Å². The van der Waals surface area contributed by atoms with Gasteiger partial charge in [0.15, 0.2) is 0 Å². The fourth-order valence-corrected chi connectivity index (χ4v) is 1.69. The van der Waals surface area contributed by atoms with Gasteiger partial charge in [-0.1, -0.05) is 12.1 Å². The Morgan fingerprint density at radius 3 is 2.35 bits per heavy atom. The minimum Gasteiger partial charge on any atom is -0.490 e. The lowest BCUT2D eigenvalue weighted by molar-refractivity contribution is 0.303. The highest BCUT2D eigenvalue weighted by atomic mass is 16.5. The summed E-state index contributed by atoms with van der Waals surface area (Å²) in [5.41, 5.74) is 1.57. The highest BCUT2D eigenvalue weighted by Gasteiger charge is 2.23. The average Bonchev–Trinajstić information content (AvgIpc) is 3.03. The van der Waals surface area contributed by atoms with E-state index in [1.807, 2.05) is 0 Å². The minimum atomic E-state index is 0.203. The first kappa shape index (κ1) is 12.4. The summed E-state index contributed by atoms with van der Waals surface area (Å²) in [6.07, 6.45) is 4.00. The van der Waals surface area contributed by atoms with Gasteiger partial charge in [-0.25, -0.2) is 0 Å². The van der Waals surface area contributed by atoms with Gasteiger partial charge in [-0.15, -0.1) is 0 Å². The second kappa shape index (κ2) is 5.09. The van der Waals surface area contributed by atoms with Gasteiger partial charge in [-0.2, -0.15) is 0 Å². The van der Waals surface area contributed by atoms with Crippen LogP contribution in [0.3, 0.4) is 0 Å². The van der Waals surface area contributed by atoms with E-state index in [-0.39, 0.29) is 5.54 Å². The summed E-state index contributed by atoms with van der Waals surface area (Å²) in [5.74, 6) is 1.01. The van der Waals surface area contributed by atoms with Crippen LogP contribution < -0.4 is 10.1 Å². The molecule has 0 saturated heterocycles. The van der Waals surface area contributed by atoms with E-state index in [2.05, 4.69) is 50.4 Å². The molecule has 1 aliphatic rings. The van der Waals surface area contributed by atoms with Crippen molar-refractivity contribution in [2.75, 3.05) is 6.54 Å². The summed E-state index contributed by atoms with van der Waals surface area (Å²) < 4.78 is 5.72. The molecule has 1 aliphatic carbocycles. The van der Waals surface area contributed by atoms with E-state index in [1.54, 1.807) is 0 Å². The summed E-state index contributed by atoms with van der Waals surface area (Å²) in [5, 5.41) is 3.50. The first-order chi connectivity index (χ1) is 8.03. The van der Waals surface area contributed by atoms with E-state index in [1.165, 1.54) is 18.4 Å². The number of rotatable bonds is 5. The summed E-state index contributed by atoms with van der Waals surface area (Å²) in [4.78, 5) is 0. The summed E-state index contributed by atoms with van der Waals surface area (Å²) >= 11 is 0. The third kappa shape index (κ3) is 4.78. The van der Waals surface area contributed by atoms with Crippen LogP contribution in [-0.4, -0.2) is 18.2 Å². The molecule has 0 radical (unpaired) electrons. The van der Waals surface area contributed by atoms with Crippen molar-refractivity contribution in [1.82, 2.24) is 5.32 Å². The van der Waals surface area contributed by atoms with Crippen LogP contribution in [-0.2, 0) is 6.42 Å². The van der Waals surface area contributed by atoms with E-state index < -0.39 is 0 Å². The van der Waals surface area contributed by atoms with E-state index in [0.717, 1.165) is 18.7 Å². The van der Waals surface area contributed by atoms with Gasteiger partial charge in [0, 0.05) is 5.54 Å². The lowest BCUT2D eigenvalue weighted by Crippen LogP contribution is -2.37. The zero-order valence-electron chi connectivity index (χ0n) is 11.1. The largest absolute Gasteiger partial charge is 0.490 e. The predicted molar refractivity (Wildman–Crippen MR) is 71.6 cm³/mol. The Bertz CT molecular complexity index is 346. The van der Waals surface area contributed by atoms with Crippen molar-refractivity contribution in [2.45, 2.75) is 51.7 Å². The molecule has 1 N–H and O–H groups in total. The van der Waals surface area contributed by atoms with Crippen LogP contribution in [0.1, 0.15) is 39.2 Å². The highest BCUT2D eigenvalue weighted by Crippen LogP contribution is 2.26. The molecule has 94 valence electrons. The molecule has 2 heteroatoms. The number of benzene rings is 1. The number of nitrogens with one attached hydrogen (secondary N) is 1. The Morgan fingerprint density at radius 1 is 1.18 bits per heavy atom. The number of ether oxygens (including phenoxy) is 1. The Morgan fingerprint density at radius 2 is 1.82 bits per heavy atom. The van der Waals surface area contributed by atoms with Crippen molar-refractivity contribution in [1.29, 1.82) is 0 Å². The lowest BCUT2D eigenvalue weighted by Gasteiger charge is -2.20. The Hall–Kier alpha value is -1.02. The van der Waals surface area contributed by atoms with Gasteiger partial charge in [0.2, 0.25) is 0 Å². The molecular formula is C15H23NO. The maximum Gasteiger partial charge on any atom is 0.119 e. The molecule has 0 heterocycles. The predicted octanol–water partition coefficient (Wildman–Crippen LogP) is 3.16. The molecule has 1 saturated carbocycles. The Kier molecular flexibility index (Phi) is 3.72. The van der Waals surface area contributed by atoms with Crippen molar-refractivity contribution in [3.63, 3.8) is 0 Å². The summed E-state index contributed by atoms with van der Waals surface area (Å²) in [6, 6.07) is 8.51. The Labute approximate surface area is 104 Å². The average molecular weight is 233 g/mol. The van der Waals surface area contributed by atoms with Crippen molar-refractivity contribution in [3.8, 4) is 5.75 Å². The second-order valence-electron chi connectivity index (χ2n) is 5.89. The number of hydrogen-bond acceptors (Lipinski definition) is 2. The van der Waals surface area contributed by atoms with Crippen molar-refractivity contribution >= 4 is 0 Å². The molecule has 1 fully saturated rings. The van der Waals surface area contributed by atoms with Gasteiger partial charge in [-0.05, 0) is 64.3 Å². The smallest absolute Gasteiger partial charge is 0.119 e. The molecular weight excluding hydrogens is 210 g/mol. The molecule has 0 aromatic heterocycles. The van der Waals surface area contributed by atoms with Crippen molar-refractivity contribution in [3.05, 3.63) is 29.8 Å². The maximum atomic E-state index is 5.72. The standard InChI is InChI=1S/C15H23NO/c1-15(2,3)16-11-10-12-4-6-13(7-5-12)17-14-8-9-14/h4-7,14,16H,8-11H2,1-3H3. The molecule has 0 aliphatic heterocycles. The topological polar surface area (TPSA) is 21.3 Å². The SMILES string of the molecule is CC(C)(C)NCCc1ccc(OC2CC2)cc1. The van der Waals surface area contributed by atoms with Gasteiger partial charge in [0.1, 0.15) is 5.75 Å². The van der Waals surface area contributed by atoms with Crippen molar-refractivity contribution in [2.24, 2.45) is 0 Å². The van der Waals surface area contributed by atoms with E-state index in [0.29, 0.717) is 6.10 Å². The van der Waals surface area contributed by atoms with Crippen LogP contribution in [0.25, 0.3) is 0 Å². The molecule has 0 bridgehead atoms. The molecule has 17 heavy (non-hydrogen) atoms. The highest BCUT2D eigenvalue weighted by molar-refractivity contribution is 5.28. The Balaban J connectivity index is 1.77. The van der Waals surface area contributed by atoms with Crippen LogP contribution in [0.5, 0.6) is 5.75 Å². The van der Waals surface area contributed by atoms with Gasteiger partial charge in [-0.3, -0.25) is 0 Å². The molecule has 0 atom stereocenters. The lowest BCUT2D eigenvalue weighted by atomic mass is 10.1. The summed E-state index contributed by atoms with van der Waals surface area (Å²) in [6.45, 7) is 7.60. The monoisotopic (exact) mass is 233 g/mol. The van der Waals surface area contributed by atoms with Gasteiger partial charge >= 0.3 is 0 Å². The molecule has 2 rings (SSSR count). The third-order valence-electron chi connectivity index (χ3n) is 2.82. The normalized spacial score (nSPS) is 15.9. The second-order valence-corrected chi connectivity index (χ2v) is 5.89. The quantitative estimate of drug-likeness (QED) is 0.843. The fraction of sp³-hybridized carbons (Fsp3) is 0.600. The molecule has 0 unspecified atom stereocenters. The van der Waals surface area contributed by atoms with Crippen molar-refractivity contribution < 1.29 is 4.74 Å². The van der Waals surface area contributed by atoms with Crippen LogP contribution in [0.4, 0.5) is 0 Å².